The lowest BCUT2D eigenvalue weighted by Crippen LogP contribution is -2.34. The molecule has 0 aliphatic heterocycles. The second kappa shape index (κ2) is 8.45. The van der Waals surface area contributed by atoms with Gasteiger partial charge in [0.25, 0.3) is 0 Å². The summed E-state index contributed by atoms with van der Waals surface area (Å²) in [6.07, 6.45) is 0.469. The molecule has 5 heteroatoms. The fraction of sp³-hybridized carbons (Fsp3) is 0.316. The summed E-state index contributed by atoms with van der Waals surface area (Å²) < 4.78 is 18.8. The summed E-state index contributed by atoms with van der Waals surface area (Å²) in [6.45, 7) is 1.90. The summed E-state index contributed by atoms with van der Waals surface area (Å²) >= 11 is 0. The van der Waals surface area contributed by atoms with Crippen molar-refractivity contribution in [3.8, 4) is 5.75 Å². The van der Waals surface area contributed by atoms with Crippen LogP contribution in [0.4, 0.5) is 4.39 Å². The minimum Gasteiger partial charge on any atom is -0.497 e. The molecule has 0 aromatic heterocycles. The van der Waals surface area contributed by atoms with Gasteiger partial charge in [-0.1, -0.05) is 30.3 Å². The maximum absolute atomic E-state index is 13.6. The van der Waals surface area contributed by atoms with Crippen LogP contribution >= 0.6 is 0 Å². The highest BCUT2D eigenvalue weighted by Crippen LogP contribution is 2.19. The molecule has 2 aromatic carbocycles. The average molecular weight is 330 g/mol. The summed E-state index contributed by atoms with van der Waals surface area (Å²) in [4.78, 5) is 12.2. The monoisotopic (exact) mass is 330 g/mol. The maximum Gasteiger partial charge on any atom is 0.222 e. The Bertz CT molecular complexity index is 691. The normalized spacial score (nSPS) is 13.2. The molecule has 0 aliphatic rings. The summed E-state index contributed by atoms with van der Waals surface area (Å²) in [5.74, 6) is 0.289. The predicted octanol–water partition coefficient (Wildman–Crippen LogP) is 2.97. The van der Waals surface area contributed by atoms with Gasteiger partial charge >= 0.3 is 0 Å². The van der Waals surface area contributed by atoms with E-state index in [9.17, 15) is 9.18 Å². The third-order valence-corrected chi connectivity index (χ3v) is 3.86. The number of nitrogens with one attached hydrogen (secondary N) is 1. The molecule has 0 radical (unpaired) electrons. The summed E-state index contributed by atoms with van der Waals surface area (Å²) in [5, 5.41) is 2.91. The van der Waals surface area contributed by atoms with E-state index in [1.54, 1.807) is 25.3 Å². The Labute approximate surface area is 141 Å². The van der Waals surface area contributed by atoms with Gasteiger partial charge in [0.2, 0.25) is 5.91 Å². The molecular weight excluding hydrogens is 307 g/mol. The molecule has 0 fully saturated rings. The Hall–Kier alpha value is -2.40. The van der Waals surface area contributed by atoms with Crippen LogP contribution in [0.3, 0.4) is 0 Å². The first kappa shape index (κ1) is 17.9. The third-order valence-electron chi connectivity index (χ3n) is 3.86. The van der Waals surface area contributed by atoms with Crippen molar-refractivity contribution >= 4 is 5.91 Å². The minimum absolute atomic E-state index is 0.142. The van der Waals surface area contributed by atoms with Crippen LogP contribution in [-0.4, -0.2) is 19.1 Å². The van der Waals surface area contributed by atoms with Crippen molar-refractivity contribution in [2.75, 3.05) is 7.11 Å². The Morgan fingerprint density at radius 3 is 2.71 bits per heavy atom. The maximum atomic E-state index is 13.6. The van der Waals surface area contributed by atoms with E-state index in [4.69, 9.17) is 10.5 Å². The van der Waals surface area contributed by atoms with Gasteiger partial charge in [0.15, 0.2) is 0 Å². The topological polar surface area (TPSA) is 64.3 Å². The Morgan fingerprint density at radius 2 is 2.00 bits per heavy atom. The van der Waals surface area contributed by atoms with E-state index in [0.29, 0.717) is 12.0 Å². The molecule has 2 atom stereocenters. The third kappa shape index (κ3) is 5.06. The standard InChI is InChI=1S/C19H23FN2O2/c1-13(14-7-5-8-17(11-14)24-2)22-19(23)12-16(21)10-15-6-3-4-9-18(15)20/h3-9,11,13,16H,10,12,21H2,1-2H3,(H,22,23)/t13-,16-/m1/s1. The number of methoxy groups -OCH3 is 1. The van der Waals surface area contributed by atoms with Crippen molar-refractivity contribution in [2.45, 2.75) is 31.8 Å². The fourth-order valence-electron chi connectivity index (χ4n) is 2.55. The van der Waals surface area contributed by atoms with Crippen molar-refractivity contribution in [1.29, 1.82) is 0 Å². The second-order valence-corrected chi connectivity index (χ2v) is 5.83. The van der Waals surface area contributed by atoms with Gasteiger partial charge in [-0.15, -0.1) is 0 Å². The lowest BCUT2D eigenvalue weighted by molar-refractivity contribution is -0.122. The second-order valence-electron chi connectivity index (χ2n) is 5.83. The number of carbonyl (C=O) groups is 1. The molecule has 0 aliphatic carbocycles. The van der Waals surface area contributed by atoms with Crippen LogP contribution in [0.5, 0.6) is 5.75 Å². The summed E-state index contributed by atoms with van der Waals surface area (Å²) in [7, 11) is 1.60. The predicted molar refractivity (Wildman–Crippen MR) is 92.2 cm³/mol. The molecule has 0 heterocycles. The molecule has 2 aromatic rings. The number of benzene rings is 2. The zero-order valence-electron chi connectivity index (χ0n) is 14.0. The van der Waals surface area contributed by atoms with Crippen LogP contribution in [0.25, 0.3) is 0 Å². The van der Waals surface area contributed by atoms with Gasteiger partial charge in [0.1, 0.15) is 11.6 Å². The number of carbonyl (C=O) groups excluding carboxylic acids is 1. The number of halogens is 1. The molecule has 4 nitrogen and oxygen atoms in total. The molecular formula is C19H23FN2O2. The van der Waals surface area contributed by atoms with Gasteiger partial charge in [-0.05, 0) is 42.7 Å². The van der Waals surface area contributed by atoms with Crippen LogP contribution in [-0.2, 0) is 11.2 Å². The van der Waals surface area contributed by atoms with Crippen LogP contribution < -0.4 is 15.8 Å². The zero-order chi connectivity index (χ0) is 17.5. The Balaban J connectivity index is 1.89. The number of amides is 1. The number of hydrogen-bond donors (Lipinski definition) is 2. The van der Waals surface area contributed by atoms with Gasteiger partial charge in [-0.2, -0.15) is 0 Å². The van der Waals surface area contributed by atoms with Gasteiger partial charge in [0.05, 0.1) is 13.2 Å². The molecule has 128 valence electrons. The molecule has 0 bridgehead atoms. The molecule has 24 heavy (non-hydrogen) atoms. The summed E-state index contributed by atoms with van der Waals surface area (Å²) in [6, 6.07) is 13.4. The van der Waals surface area contributed by atoms with Gasteiger partial charge in [-0.25, -0.2) is 4.39 Å². The van der Waals surface area contributed by atoms with E-state index in [2.05, 4.69) is 5.32 Å². The van der Waals surface area contributed by atoms with E-state index < -0.39 is 6.04 Å². The van der Waals surface area contributed by atoms with Crippen molar-refractivity contribution in [3.63, 3.8) is 0 Å². The molecule has 0 saturated heterocycles. The van der Waals surface area contributed by atoms with Crippen LogP contribution in [0.15, 0.2) is 48.5 Å². The van der Waals surface area contributed by atoms with E-state index in [1.165, 1.54) is 6.07 Å². The van der Waals surface area contributed by atoms with E-state index in [1.807, 2.05) is 31.2 Å². The average Bonchev–Trinajstić information content (AvgIpc) is 2.56. The van der Waals surface area contributed by atoms with Crippen molar-refractivity contribution < 1.29 is 13.9 Å². The molecule has 1 amide bonds. The number of ether oxygens (including phenoxy) is 1. The number of nitrogens with two attached hydrogens (primary N) is 1. The first-order chi connectivity index (χ1) is 11.5. The lowest BCUT2D eigenvalue weighted by atomic mass is 10.0. The first-order valence-corrected chi connectivity index (χ1v) is 7.92. The van der Waals surface area contributed by atoms with E-state index >= 15 is 0 Å². The largest absolute Gasteiger partial charge is 0.497 e. The highest BCUT2D eigenvalue weighted by atomic mass is 19.1. The molecule has 0 unspecified atom stereocenters. The quantitative estimate of drug-likeness (QED) is 0.820. The smallest absolute Gasteiger partial charge is 0.222 e. The zero-order valence-corrected chi connectivity index (χ0v) is 14.0. The van der Waals surface area contributed by atoms with E-state index in [-0.39, 0.29) is 24.2 Å². The molecule has 0 spiro atoms. The van der Waals surface area contributed by atoms with Gasteiger partial charge < -0.3 is 15.8 Å². The highest BCUT2D eigenvalue weighted by Gasteiger charge is 2.15. The number of rotatable bonds is 7. The van der Waals surface area contributed by atoms with Crippen molar-refractivity contribution in [3.05, 3.63) is 65.5 Å². The highest BCUT2D eigenvalue weighted by molar-refractivity contribution is 5.77. The first-order valence-electron chi connectivity index (χ1n) is 7.92. The van der Waals surface area contributed by atoms with E-state index in [0.717, 1.165) is 11.3 Å². The Morgan fingerprint density at radius 1 is 1.25 bits per heavy atom. The van der Waals surface area contributed by atoms with Crippen molar-refractivity contribution in [2.24, 2.45) is 5.73 Å². The molecule has 2 rings (SSSR count). The van der Waals surface area contributed by atoms with Gasteiger partial charge in [0, 0.05) is 12.5 Å². The molecule has 0 saturated carbocycles. The van der Waals surface area contributed by atoms with Gasteiger partial charge in [-0.3, -0.25) is 4.79 Å². The SMILES string of the molecule is COc1cccc([C@@H](C)NC(=O)C[C@H](N)Cc2ccccc2F)c1. The summed E-state index contributed by atoms with van der Waals surface area (Å²) in [5.41, 5.74) is 7.46. The lowest BCUT2D eigenvalue weighted by Gasteiger charge is -2.17. The minimum atomic E-state index is -0.431. The number of hydrogen-bond acceptors (Lipinski definition) is 3. The fourth-order valence-corrected chi connectivity index (χ4v) is 2.55. The van der Waals surface area contributed by atoms with Crippen molar-refractivity contribution in [1.82, 2.24) is 5.32 Å². The van der Waals surface area contributed by atoms with Crippen LogP contribution in [0.2, 0.25) is 0 Å². The van der Waals surface area contributed by atoms with Crippen LogP contribution in [0.1, 0.15) is 30.5 Å². The van der Waals surface area contributed by atoms with Crippen LogP contribution in [0, 0.1) is 5.82 Å². The molecule has 3 N–H and O–H groups in total. The Kier molecular flexibility index (Phi) is 6.32.